The van der Waals surface area contributed by atoms with Crippen molar-refractivity contribution < 1.29 is 13.2 Å². The lowest BCUT2D eigenvalue weighted by Gasteiger charge is -2.27. The third-order valence-electron chi connectivity index (χ3n) is 3.26. The van der Waals surface area contributed by atoms with E-state index in [2.05, 4.69) is 0 Å². The summed E-state index contributed by atoms with van der Waals surface area (Å²) in [6.07, 6.45) is 0.748. The molecule has 114 valence electrons. The van der Waals surface area contributed by atoms with Gasteiger partial charge in [0.1, 0.15) is 0 Å². The average molecular weight is 320 g/mol. The first-order valence-corrected chi connectivity index (χ1v) is 8.60. The van der Waals surface area contributed by atoms with Crippen LogP contribution in [-0.4, -0.2) is 39.0 Å². The van der Waals surface area contributed by atoms with Crippen LogP contribution < -0.4 is 0 Å². The number of hydrogen-bond acceptors (Lipinski definition) is 3. The number of sulfonamides is 1. The minimum Gasteiger partial charge on any atom is -0.383 e. The van der Waals surface area contributed by atoms with Crippen LogP contribution in [0, 0.1) is 0 Å². The highest BCUT2D eigenvalue weighted by Crippen LogP contribution is 2.21. The van der Waals surface area contributed by atoms with E-state index in [0.29, 0.717) is 19.0 Å². The van der Waals surface area contributed by atoms with E-state index in [4.69, 9.17) is 16.3 Å². The van der Waals surface area contributed by atoms with Crippen LogP contribution in [0.3, 0.4) is 0 Å². The van der Waals surface area contributed by atoms with E-state index in [9.17, 15) is 8.42 Å². The van der Waals surface area contributed by atoms with Gasteiger partial charge >= 0.3 is 0 Å². The van der Waals surface area contributed by atoms with Gasteiger partial charge in [0, 0.05) is 25.6 Å². The lowest BCUT2D eigenvalue weighted by Crippen LogP contribution is -2.40. The SMILES string of the molecule is CCC(C)N(CCOC)S(=O)(=O)c1cccc(CCl)c1. The highest BCUT2D eigenvalue weighted by Gasteiger charge is 2.28. The summed E-state index contributed by atoms with van der Waals surface area (Å²) in [6.45, 7) is 4.59. The molecule has 6 heteroatoms. The number of rotatable bonds is 8. The van der Waals surface area contributed by atoms with E-state index in [0.717, 1.165) is 12.0 Å². The molecular formula is C14H22ClNO3S. The van der Waals surface area contributed by atoms with Crippen LogP contribution in [0.25, 0.3) is 0 Å². The van der Waals surface area contributed by atoms with Crippen molar-refractivity contribution >= 4 is 21.6 Å². The number of alkyl halides is 1. The molecule has 0 radical (unpaired) electrons. The standard InChI is InChI=1S/C14H22ClNO3S/c1-4-12(2)16(8-9-19-3)20(17,18)14-7-5-6-13(10-14)11-15/h5-7,10,12H,4,8-9,11H2,1-3H3. The van der Waals surface area contributed by atoms with Crippen molar-refractivity contribution in [1.29, 1.82) is 0 Å². The van der Waals surface area contributed by atoms with Crippen molar-refractivity contribution in [3.05, 3.63) is 29.8 Å². The fourth-order valence-electron chi connectivity index (χ4n) is 1.89. The molecule has 1 unspecified atom stereocenters. The second-order valence-corrected chi connectivity index (χ2v) is 6.80. The molecule has 0 aliphatic rings. The van der Waals surface area contributed by atoms with Crippen molar-refractivity contribution in [3.63, 3.8) is 0 Å². The molecule has 0 saturated heterocycles. The average Bonchev–Trinajstić information content (AvgIpc) is 2.47. The van der Waals surface area contributed by atoms with E-state index in [1.807, 2.05) is 19.9 Å². The normalized spacial score (nSPS) is 13.7. The highest BCUT2D eigenvalue weighted by molar-refractivity contribution is 7.89. The molecule has 4 nitrogen and oxygen atoms in total. The number of methoxy groups -OCH3 is 1. The number of halogens is 1. The number of hydrogen-bond donors (Lipinski definition) is 0. The molecule has 0 N–H and O–H groups in total. The smallest absolute Gasteiger partial charge is 0.243 e. The predicted octanol–water partition coefficient (Wildman–Crippen LogP) is 2.86. The van der Waals surface area contributed by atoms with Crippen LogP contribution in [0.4, 0.5) is 0 Å². The van der Waals surface area contributed by atoms with Gasteiger partial charge in [0.05, 0.1) is 11.5 Å². The number of ether oxygens (including phenoxy) is 1. The van der Waals surface area contributed by atoms with Gasteiger partial charge in [-0.2, -0.15) is 4.31 Å². The second-order valence-electron chi connectivity index (χ2n) is 4.65. The second kappa shape index (κ2) is 7.98. The van der Waals surface area contributed by atoms with Gasteiger partial charge in [-0.3, -0.25) is 0 Å². The summed E-state index contributed by atoms with van der Waals surface area (Å²) in [5, 5.41) is 0. The minimum atomic E-state index is -3.52. The Bertz CT molecular complexity index is 519. The van der Waals surface area contributed by atoms with Gasteiger partial charge in [-0.15, -0.1) is 11.6 Å². The fraction of sp³-hybridized carbons (Fsp3) is 0.571. The summed E-state index contributed by atoms with van der Waals surface area (Å²) < 4.78 is 32.0. The molecule has 1 aromatic carbocycles. The van der Waals surface area contributed by atoms with Crippen LogP contribution >= 0.6 is 11.6 Å². The molecule has 20 heavy (non-hydrogen) atoms. The van der Waals surface area contributed by atoms with Gasteiger partial charge < -0.3 is 4.74 Å². The molecular weight excluding hydrogens is 298 g/mol. The summed E-state index contributed by atoms with van der Waals surface area (Å²) >= 11 is 5.77. The minimum absolute atomic E-state index is 0.0743. The topological polar surface area (TPSA) is 46.6 Å². The Kier molecular flexibility index (Phi) is 6.95. The van der Waals surface area contributed by atoms with Crippen LogP contribution in [0.1, 0.15) is 25.8 Å². The van der Waals surface area contributed by atoms with Crippen molar-refractivity contribution in [2.45, 2.75) is 37.1 Å². The summed E-state index contributed by atoms with van der Waals surface area (Å²) in [5.41, 5.74) is 0.795. The molecule has 0 saturated carbocycles. The molecule has 0 heterocycles. The fourth-order valence-corrected chi connectivity index (χ4v) is 3.81. The number of nitrogens with zero attached hydrogens (tertiary/aromatic N) is 1. The third kappa shape index (κ3) is 4.19. The molecule has 0 spiro atoms. The first kappa shape index (κ1) is 17.4. The number of benzene rings is 1. The Morgan fingerprint density at radius 1 is 1.40 bits per heavy atom. The molecule has 0 amide bonds. The lowest BCUT2D eigenvalue weighted by atomic mass is 10.2. The van der Waals surface area contributed by atoms with Crippen molar-refractivity contribution in [3.8, 4) is 0 Å². The van der Waals surface area contributed by atoms with Gasteiger partial charge in [-0.05, 0) is 31.0 Å². The summed E-state index contributed by atoms with van der Waals surface area (Å²) in [5.74, 6) is 0.296. The molecule has 1 atom stereocenters. The Morgan fingerprint density at radius 3 is 2.65 bits per heavy atom. The highest BCUT2D eigenvalue weighted by atomic mass is 35.5. The zero-order valence-electron chi connectivity index (χ0n) is 12.2. The van der Waals surface area contributed by atoms with Crippen molar-refractivity contribution in [1.82, 2.24) is 4.31 Å². The van der Waals surface area contributed by atoms with Crippen LogP contribution in [0.2, 0.25) is 0 Å². The maximum Gasteiger partial charge on any atom is 0.243 e. The lowest BCUT2D eigenvalue weighted by molar-refractivity contribution is 0.167. The van der Waals surface area contributed by atoms with Crippen molar-refractivity contribution in [2.75, 3.05) is 20.3 Å². The molecule has 1 rings (SSSR count). The molecule has 0 bridgehead atoms. The zero-order valence-corrected chi connectivity index (χ0v) is 13.7. The van der Waals surface area contributed by atoms with E-state index in [-0.39, 0.29) is 10.9 Å². The molecule has 0 fully saturated rings. The van der Waals surface area contributed by atoms with E-state index < -0.39 is 10.0 Å². The van der Waals surface area contributed by atoms with Crippen molar-refractivity contribution in [2.24, 2.45) is 0 Å². The van der Waals surface area contributed by atoms with Crippen LogP contribution in [0.5, 0.6) is 0 Å². The molecule has 1 aromatic rings. The summed E-state index contributed by atoms with van der Waals surface area (Å²) in [7, 11) is -1.96. The largest absolute Gasteiger partial charge is 0.383 e. The van der Waals surface area contributed by atoms with E-state index in [1.165, 1.54) is 4.31 Å². The quantitative estimate of drug-likeness (QED) is 0.692. The predicted molar refractivity (Wildman–Crippen MR) is 81.5 cm³/mol. The Morgan fingerprint density at radius 2 is 2.10 bits per heavy atom. The Balaban J connectivity index is 3.14. The molecule has 0 aliphatic carbocycles. The maximum atomic E-state index is 12.7. The van der Waals surface area contributed by atoms with Gasteiger partial charge in [0.2, 0.25) is 10.0 Å². The van der Waals surface area contributed by atoms with Gasteiger partial charge in [-0.1, -0.05) is 19.1 Å². The zero-order chi connectivity index (χ0) is 15.2. The first-order valence-electron chi connectivity index (χ1n) is 6.63. The van der Waals surface area contributed by atoms with Gasteiger partial charge in [-0.25, -0.2) is 8.42 Å². The Labute approximate surface area is 126 Å². The van der Waals surface area contributed by atoms with Gasteiger partial charge in [0.25, 0.3) is 0 Å². The van der Waals surface area contributed by atoms with E-state index >= 15 is 0 Å². The molecule has 0 aliphatic heterocycles. The summed E-state index contributed by atoms with van der Waals surface area (Å²) in [4.78, 5) is 0.284. The Hall–Kier alpha value is -0.620. The third-order valence-corrected chi connectivity index (χ3v) is 5.58. The van der Waals surface area contributed by atoms with Crippen LogP contribution in [-0.2, 0) is 20.6 Å². The van der Waals surface area contributed by atoms with Gasteiger partial charge in [0.15, 0.2) is 0 Å². The summed E-state index contributed by atoms with van der Waals surface area (Å²) in [6, 6.07) is 6.69. The molecule has 0 aromatic heterocycles. The van der Waals surface area contributed by atoms with E-state index in [1.54, 1.807) is 25.3 Å². The van der Waals surface area contributed by atoms with Crippen LogP contribution in [0.15, 0.2) is 29.2 Å². The first-order chi connectivity index (χ1) is 9.47. The monoisotopic (exact) mass is 319 g/mol. The maximum absolute atomic E-state index is 12.7.